The van der Waals surface area contributed by atoms with Gasteiger partial charge in [-0.1, -0.05) is 18.2 Å². The molecule has 1 aliphatic heterocycles. The van der Waals surface area contributed by atoms with E-state index in [1.54, 1.807) is 60.4 Å². The number of aryl methyl sites for hydroxylation is 1. The van der Waals surface area contributed by atoms with E-state index in [0.717, 1.165) is 5.56 Å². The Kier molecular flexibility index (Phi) is 5.30. The van der Waals surface area contributed by atoms with Crippen LogP contribution in [0.4, 0.5) is 10.1 Å². The number of carbonyl (C=O) groups is 1. The number of hydrogen-bond donors (Lipinski definition) is 1. The second-order valence-electron chi connectivity index (χ2n) is 7.78. The third-order valence-electron chi connectivity index (χ3n) is 5.46. The fourth-order valence-corrected chi connectivity index (χ4v) is 5.37. The van der Waals surface area contributed by atoms with Crippen LogP contribution in [0.3, 0.4) is 0 Å². The quantitative estimate of drug-likeness (QED) is 0.659. The number of amides is 1. The molecule has 3 aromatic rings. The number of fused-ring (bicyclic) bond motifs is 1. The Morgan fingerprint density at radius 3 is 2.65 bits per heavy atom. The van der Waals surface area contributed by atoms with Crippen molar-refractivity contribution in [3.8, 4) is 0 Å². The largest absolute Gasteiger partial charge is 0.338 e. The average molecular weight is 443 g/mol. The van der Waals surface area contributed by atoms with Gasteiger partial charge in [0.15, 0.2) is 0 Å². The molecule has 2 aromatic carbocycles. The number of sulfonamides is 1. The summed E-state index contributed by atoms with van der Waals surface area (Å²) >= 11 is 0. The molecular formula is C22H23FN4O3S. The Bertz CT molecular complexity index is 1260. The molecule has 2 atom stereocenters. The number of rotatable bonds is 5. The van der Waals surface area contributed by atoms with Crippen LogP contribution < -0.4 is 9.62 Å². The normalized spacial score (nSPS) is 16.8. The Balaban J connectivity index is 1.67. The van der Waals surface area contributed by atoms with Crippen LogP contribution in [0.2, 0.25) is 0 Å². The van der Waals surface area contributed by atoms with Crippen molar-refractivity contribution in [1.29, 1.82) is 0 Å². The number of nitrogens with one attached hydrogen (secondary N) is 1. The standard InChI is InChI=1S/C22H23FN4O3S/c1-14-12-16-13-15(8-9-19(16)27(14)31(3,29)30)22(28)25-20(21-24-10-11-26(21)2)17-6-4-5-7-18(17)23/h4-11,13-14,20H,12H2,1-3H3,(H,25,28). The summed E-state index contributed by atoms with van der Waals surface area (Å²) in [7, 11) is -1.64. The molecule has 2 heterocycles. The van der Waals surface area contributed by atoms with E-state index in [0.29, 0.717) is 29.1 Å². The number of nitrogens with zero attached hydrogens (tertiary/aromatic N) is 3. The lowest BCUT2D eigenvalue weighted by Crippen LogP contribution is -2.34. The summed E-state index contributed by atoms with van der Waals surface area (Å²) in [4.78, 5) is 17.4. The number of hydrogen-bond acceptors (Lipinski definition) is 4. The SMILES string of the molecule is CC1Cc2cc(C(=O)NC(c3ccccc3F)c3nccn3C)ccc2N1S(C)(=O)=O. The zero-order chi connectivity index (χ0) is 22.3. The van der Waals surface area contributed by atoms with Crippen LogP contribution >= 0.6 is 0 Å². The Hall–Kier alpha value is -3.20. The van der Waals surface area contributed by atoms with E-state index in [2.05, 4.69) is 10.3 Å². The van der Waals surface area contributed by atoms with Gasteiger partial charge < -0.3 is 9.88 Å². The van der Waals surface area contributed by atoms with Gasteiger partial charge in [-0.25, -0.2) is 17.8 Å². The first-order chi connectivity index (χ1) is 14.7. The fourth-order valence-electron chi connectivity index (χ4n) is 4.11. The van der Waals surface area contributed by atoms with Crippen molar-refractivity contribution in [2.75, 3.05) is 10.6 Å². The van der Waals surface area contributed by atoms with Crippen LogP contribution in [0.25, 0.3) is 0 Å². The van der Waals surface area contributed by atoms with E-state index >= 15 is 0 Å². The third-order valence-corrected chi connectivity index (χ3v) is 6.73. The van der Waals surface area contributed by atoms with Gasteiger partial charge in [-0.15, -0.1) is 0 Å². The van der Waals surface area contributed by atoms with Crippen LogP contribution in [-0.4, -0.2) is 36.2 Å². The molecule has 0 bridgehead atoms. The van der Waals surface area contributed by atoms with Crippen molar-refractivity contribution in [3.05, 3.63) is 83.2 Å². The Morgan fingerprint density at radius 1 is 1.26 bits per heavy atom. The molecule has 1 aromatic heterocycles. The van der Waals surface area contributed by atoms with E-state index < -0.39 is 27.8 Å². The topological polar surface area (TPSA) is 84.3 Å². The molecule has 0 radical (unpaired) electrons. The highest BCUT2D eigenvalue weighted by atomic mass is 32.2. The van der Waals surface area contributed by atoms with Crippen molar-refractivity contribution >= 4 is 21.6 Å². The molecule has 4 rings (SSSR count). The second-order valence-corrected chi connectivity index (χ2v) is 9.64. The van der Waals surface area contributed by atoms with Crippen LogP contribution in [0.15, 0.2) is 54.9 Å². The fraction of sp³-hybridized carbons (Fsp3) is 0.273. The van der Waals surface area contributed by atoms with E-state index in [1.165, 1.54) is 16.6 Å². The lowest BCUT2D eigenvalue weighted by Gasteiger charge is -2.22. The first-order valence-electron chi connectivity index (χ1n) is 9.81. The van der Waals surface area contributed by atoms with Gasteiger partial charge in [0.25, 0.3) is 5.91 Å². The predicted molar refractivity (Wildman–Crippen MR) is 116 cm³/mol. The average Bonchev–Trinajstić information content (AvgIpc) is 3.27. The van der Waals surface area contributed by atoms with Crippen LogP contribution in [0, 0.1) is 5.82 Å². The number of carbonyl (C=O) groups excluding carboxylic acids is 1. The van der Waals surface area contributed by atoms with Crippen molar-refractivity contribution < 1.29 is 17.6 Å². The molecule has 1 aliphatic rings. The van der Waals surface area contributed by atoms with Crippen LogP contribution in [-0.2, 0) is 23.5 Å². The molecule has 0 fully saturated rings. The maximum Gasteiger partial charge on any atom is 0.252 e. The molecule has 0 aliphatic carbocycles. The summed E-state index contributed by atoms with van der Waals surface area (Å²) < 4.78 is 41.9. The van der Waals surface area contributed by atoms with Gasteiger partial charge in [0.05, 0.1) is 11.9 Å². The van der Waals surface area contributed by atoms with E-state index in [-0.39, 0.29) is 6.04 Å². The van der Waals surface area contributed by atoms with E-state index in [4.69, 9.17) is 0 Å². The highest BCUT2D eigenvalue weighted by Crippen LogP contribution is 2.35. The molecule has 1 N–H and O–H groups in total. The van der Waals surface area contributed by atoms with Gasteiger partial charge >= 0.3 is 0 Å². The maximum atomic E-state index is 14.5. The molecule has 0 saturated heterocycles. The molecule has 2 unspecified atom stereocenters. The first kappa shape index (κ1) is 21.0. The monoisotopic (exact) mass is 442 g/mol. The molecule has 0 saturated carbocycles. The summed E-state index contributed by atoms with van der Waals surface area (Å²) in [6.45, 7) is 1.83. The molecule has 0 spiro atoms. The number of anilines is 1. The number of halogens is 1. The van der Waals surface area contributed by atoms with Gasteiger partial charge in [-0.3, -0.25) is 9.10 Å². The summed E-state index contributed by atoms with van der Waals surface area (Å²) in [5.41, 5.74) is 2.05. The molecule has 7 nitrogen and oxygen atoms in total. The van der Waals surface area contributed by atoms with Crippen LogP contribution in [0.5, 0.6) is 0 Å². The van der Waals surface area contributed by atoms with Crippen molar-refractivity contribution in [1.82, 2.24) is 14.9 Å². The van der Waals surface area contributed by atoms with Gasteiger partial charge in [0, 0.05) is 36.6 Å². The van der Waals surface area contributed by atoms with Crippen LogP contribution in [0.1, 0.15) is 40.3 Å². The number of aromatic nitrogens is 2. The second kappa shape index (κ2) is 7.81. The maximum absolute atomic E-state index is 14.5. The van der Waals surface area contributed by atoms with Gasteiger partial charge in [0.1, 0.15) is 17.7 Å². The summed E-state index contributed by atoms with van der Waals surface area (Å²) in [5.74, 6) is -0.344. The number of benzene rings is 2. The Labute approximate surface area is 180 Å². The van der Waals surface area contributed by atoms with E-state index in [1.807, 2.05) is 6.92 Å². The first-order valence-corrected chi connectivity index (χ1v) is 11.7. The minimum Gasteiger partial charge on any atom is -0.338 e. The zero-order valence-electron chi connectivity index (χ0n) is 17.4. The molecular weight excluding hydrogens is 419 g/mol. The van der Waals surface area contributed by atoms with Crippen molar-refractivity contribution in [2.24, 2.45) is 7.05 Å². The van der Waals surface area contributed by atoms with E-state index in [9.17, 15) is 17.6 Å². The van der Waals surface area contributed by atoms with Gasteiger partial charge in [-0.2, -0.15) is 0 Å². The summed E-state index contributed by atoms with van der Waals surface area (Å²) in [6, 6.07) is 10.2. The van der Waals surface area contributed by atoms with Crippen molar-refractivity contribution in [3.63, 3.8) is 0 Å². The minimum absolute atomic E-state index is 0.220. The summed E-state index contributed by atoms with van der Waals surface area (Å²) in [6.07, 6.45) is 5.00. The smallest absolute Gasteiger partial charge is 0.252 e. The van der Waals surface area contributed by atoms with Crippen molar-refractivity contribution in [2.45, 2.75) is 25.4 Å². The highest BCUT2D eigenvalue weighted by Gasteiger charge is 2.33. The predicted octanol–water partition coefficient (Wildman–Crippen LogP) is 2.79. The summed E-state index contributed by atoms with van der Waals surface area (Å²) in [5, 5.41) is 2.88. The van der Waals surface area contributed by atoms with Gasteiger partial charge in [0.2, 0.25) is 10.0 Å². The Morgan fingerprint density at radius 2 is 2.00 bits per heavy atom. The molecule has 1 amide bonds. The molecule has 31 heavy (non-hydrogen) atoms. The van der Waals surface area contributed by atoms with Gasteiger partial charge in [-0.05, 0) is 43.2 Å². The third kappa shape index (κ3) is 3.93. The number of imidazole rings is 1. The molecule has 9 heteroatoms. The lowest BCUT2D eigenvalue weighted by atomic mass is 10.0. The minimum atomic E-state index is -3.41. The lowest BCUT2D eigenvalue weighted by molar-refractivity contribution is 0.0940. The highest BCUT2D eigenvalue weighted by molar-refractivity contribution is 7.92. The molecule has 162 valence electrons. The zero-order valence-corrected chi connectivity index (χ0v) is 18.2.